The highest BCUT2D eigenvalue weighted by Gasteiger charge is 2.43. The molecule has 0 aromatic heterocycles. The van der Waals surface area contributed by atoms with Crippen LogP contribution in [0.25, 0.3) is 0 Å². The molecule has 0 atom stereocenters. The lowest BCUT2D eigenvalue weighted by Crippen LogP contribution is -2.53. The van der Waals surface area contributed by atoms with Gasteiger partial charge in [-0.2, -0.15) is 0 Å². The Morgan fingerprint density at radius 1 is 1.11 bits per heavy atom. The maximum Gasteiger partial charge on any atom is 0.260 e. The standard InChI is InChI=1S/C23H25NO4/c1-16-4-3-5-18(12-16)27-15-22(26)24-10-8-23(9-11-24)14-20(25)19-13-17(2)6-7-21(19)28-23/h3-7,12-13H,8-11,14-15H2,1-2H3. The van der Waals surface area contributed by atoms with Gasteiger partial charge in [0, 0.05) is 25.9 Å². The molecular weight excluding hydrogens is 354 g/mol. The second-order valence-electron chi connectivity index (χ2n) is 7.87. The van der Waals surface area contributed by atoms with Crippen LogP contribution in [0.15, 0.2) is 42.5 Å². The topological polar surface area (TPSA) is 55.8 Å². The number of hydrogen-bond donors (Lipinski definition) is 0. The second-order valence-corrected chi connectivity index (χ2v) is 7.87. The Kier molecular flexibility index (Phi) is 4.84. The summed E-state index contributed by atoms with van der Waals surface area (Å²) in [6.07, 6.45) is 1.69. The minimum atomic E-state index is -0.493. The molecule has 0 radical (unpaired) electrons. The quantitative estimate of drug-likeness (QED) is 0.816. The molecule has 1 amide bonds. The third-order valence-corrected chi connectivity index (χ3v) is 5.62. The number of nitrogens with zero attached hydrogens (tertiary/aromatic N) is 1. The van der Waals surface area contributed by atoms with Gasteiger partial charge in [0.05, 0.1) is 12.0 Å². The van der Waals surface area contributed by atoms with Crippen molar-refractivity contribution in [2.24, 2.45) is 0 Å². The van der Waals surface area contributed by atoms with Crippen molar-refractivity contribution in [3.05, 3.63) is 59.2 Å². The number of fused-ring (bicyclic) bond motifs is 1. The lowest BCUT2D eigenvalue weighted by atomic mass is 9.82. The number of hydrogen-bond acceptors (Lipinski definition) is 4. The second kappa shape index (κ2) is 7.30. The molecule has 0 bridgehead atoms. The van der Waals surface area contributed by atoms with Crippen LogP contribution in [0.4, 0.5) is 0 Å². The number of piperidine rings is 1. The van der Waals surface area contributed by atoms with Gasteiger partial charge in [-0.25, -0.2) is 0 Å². The molecule has 5 nitrogen and oxygen atoms in total. The van der Waals surface area contributed by atoms with Gasteiger partial charge < -0.3 is 14.4 Å². The zero-order valence-corrected chi connectivity index (χ0v) is 16.4. The van der Waals surface area contributed by atoms with Crippen LogP contribution in [0.5, 0.6) is 11.5 Å². The summed E-state index contributed by atoms with van der Waals surface area (Å²) in [5.74, 6) is 1.47. The van der Waals surface area contributed by atoms with Crippen molar-refractivity contribution < 1.29 is 19.1 Å². The van der Waals surface area contributed by atoms with Gasteiger partial charge in [-0.3, -0.25) is 9.59 Å². The highest BCUT2D eigenvalue weighted by molar-refractivity contribution is 6.00. The van der Waals surface area contributed by atoms with E-state index >= 15 is 0 Å². The Morgan fingerprint density at radius 2 is 1.86 bits per heavy atom. The molecule has 0 saturated carbocycles. The van der Waals surface area contributed by atoms with Gasteiger partial charge in [-0.05, 0) is 43.7 Å². The molecule has 2 aromatic carbocycles. The third kappa shape index (κ3) is 3.75. The normalized spacial score (nSPS) is 17.8. The highest BCUT2D eigenvalue weighted by atomic mass is 16.5. The molecule has 0 unspecified atom stereocenters. The van der Waals surface area contributed by atoms with Gasteiger partial charge in [0.2, 0.25) is 0 Å². The van der Waals surface area contributed by atoms with Gasteiger partial charge in [-0.1, -0.05) is 23.8 Å². The van der Waals surface area contributed by atoms with E-state index in [2.05, 4.69) is 0 Å². The van der Waals surface area contributed by atoms with E-state index in [9.17, 15) is 9.59 Å². The van der Waals surface area contributed by atoms with Crippen LogP contribution in [0.1, 0.15) is 40.7 Å². The lowest BCUT2D eigenvalue weighted by Gasteiger charge is -2.44. The van der Waals surface area contributed by atoms with Gasteiger partial charge in [0.25, 0.3) is 5.91 Å². The number of benzene rings is 2. The smallest absolute Gasteiger partial charge is 0.260 e. The van der Waals surface area contributed by atoms with Gasteiger partial charge >= 0.3 is 0 Å². The van der Waals surface area contributed by atoms with Crippen LogP contribution >= 0.6 is 0 Å². The average molecular weight is 379 g/mol. The fraction of sp³-hybridized carbons (Fsp3) is 0.391. The molecule has 2 aromatic rings. The molecule has 4 rings (SSSR count). The SMILES string of the molecule is Cc1cccc(OCC(=O)N2CCC3(CC2)CC(=O)c2cc(C)ccc2O3)c1. The molecule has 0 aliphatic carbocycles. The van der Waals surface area contributed by atoms with E-state index in [1.807, 2.05) is 56.3 Å². The first-order valence-electron chi connectivity index (χ1n) is 9.74. The van der Waals surface area contributed by atoms with Crippen molar-refractivity contribution >= 4 is 11.7 Å². The minimum absolute atomic E-state index is 0.0261. The lowest BCUT2D eigenvalue weighted by molar-refractivity contribution is -0.136. The Balaban J connectivity index is 1.36. The van der Waals surface area contributed by atoms with Crippen LogP contribution in [-0.4, -0.2) is 41.9 Å². The van der Waals surface area contributed by atoms with E-state index in [1.165, 1.54) is 0 Å². The van der Waals surface area contributed by atoms with E-state index in [0.29, 0.717) is 49.4 Å². The number of ketones is 1. The predicted octanol–water partition coefficient (Wildman–Crippen LogP) is 3.71. The van der Waals surface area contributed by atoms with Crippen molar-refractivity contribution in [1.29, 1.82) is 0 Å². The van der Waals surface area contributed by atoms with Crippen LogP contribution < -0.4 is 9.47 Å². The first-order chi connectivity index (χ1) is 13.4. The predicted molar refractivity (Wildman–Crippen MR) is 106 cm³/mol. The summed E-state index contributed by atoms with van der Waals surface area (Å²) in [5.41, 5.74) is 2.34. The first kappa shape index (κ1) is 18.5. The van der Waals surface area contributed by atoms with E-state index in [0.717, 1.165) is 11.1 Å². The monoisotopic (exact) mass is 379 g/mol. The number of amides is 1. The summed E-state index contributed by atoms with van der Waals surface area (Å²) in [6, 6.07) is 13.4. The molecule has 1 saturated heterocycles. The average Bonchev–Trinajstić information content (AvgIpc) is 2.67. The number of aryl methyl sites for hydroxylation is 2. The summed E-state index contributed by atoms with van der Waals surface area (Å²) in [4.78, 5) is 27.0. The van der Waals surface area contributed by atoms with E-state index < -0.39 is 5.60 Å². The zero-order valence-electron chi connectivity index (χ0n) is 16.4. The summed E-state index contributed by atoms with van der Waals surface area (Å²) < 4.78 is 11.9. The molecule has 2 heterocycles. The molecule has 146 valence electrons. The summed E-state index contributed by atoms with van der Waals surface area (Å²) in [6.45, 7) is 5.14. The largest absolute Gasteiger partial charge is 0.486 e. The number of Topliss-reactive ketones (excluding diaryl/α,β-unsaturated/α-hetero) is 1. The number of carbonyl (C=O) groups excluding carboxylic acids is 2. The van der Waals surface area contributed by atoms with Crippen molar-refractivity contribution in [2.75, 3.05) is 19.7 Å². The minimum Gasteiger partial charge on any atom is -0.486 e. The van der Waals surface area contributed by atoms with Crippen LogP contribution in [0, 0.1) is 13.8 Å². The van der Waals surface area contributed by atoms with Crippen LogP contribution in [-0.2, 0) is 4.79 Å². The van der Waals surface area contributed by atoms with Crippen LogP contribution in [0.3, 0.4) is 0 Å². The fourth-order valence-corrected chi connectivity index (χ4v) is 3.99. The molecule has 2 aliphatic rings. The van der Waals surface area contributed by atoms with Gasteiger partial charge in [0.15, 0.2) is 12.4 Å². The van der Waals surface area contributed by atoms with E-state index in [4.69, 9.17) is 9.47 Å². The maximum absolute atomic E-state index is 12.6. The zero-order chi connectivity index (χ0) is 19.7. The molecule has 0 N–H and O–H groups in total. The van der Waals surface area contributed by atoms with Crippen molar-refractivity contribution in [2.45, 2.75) is 38.7 Å². The maximum atomic E-state index is 12.6. The Bertz CT molecular complexity index is 913. The van der Waals surface area contributed by atoms with E-state index in [1.54, 1.807) is 4.90 Å². The number of carbonyl (C=O) groups is 2. The molecule has 5 heteroatoms. The highest BCUT2D eigenvalue weighted by Crippen LogP contribution is 2.39. The molecule has 1 spiro atoms. The molecule has 1 fully saturated rings. The number of rotatable bonds is 3. The number of ether oxygens (including phenoxy) is 2. The summed E-state index contributed by atoms with van der Waals surface area (Å²) in [7, 11) is 0. The number of likely N-dealkylation sites (tertiary alicyclic amines) is 1. The Labute approximate surface area is 165 Å². The first-order valence-corrected chi connectivity index (χ1v) is 9.74. The fourth-order valence-electron chi connectivity index (χ4n) is 3.99. The Morgan fingerprint density at radius 3 is 2.61 bits per heavy atom. The van der Waals surface area contributed by atoms with Gasteiger partial charge in [-0.15, -0.1) is 0 Å². The molecular formula is C23H25NO4. The van der Waals surface area contributed by atoms with E-state index in [-0.39, 0.29) is 18.3 Å². The van der Waals surface area contributed by atoms with Crippen molar-refractivity contribution in [3.8, 4) is 11.5 Å². The summed E-state index contributed by atoms with van der Waals surface area (Å²) in [5, 5.41) is 0. The van der Waals surface area contributed by atoms with Crippen molar-refractivity contribution in [3.63, 3.8) is 0 Å². The van der Waals surface area contributed by atoms with Gasteiger partial charge in [0.1, 0.15) is 17.1 Å². The molecule has 2 aliphatic heterocycles. The van der Waals surface area contributed by atoms with Crippen molar-refractivity contribution in [1.82, 2.24) is 4.90 Å². The molecule has 28 heavy (non-hydrogen) atoms. The summed E-state index contributed by atoms with van der Waals surface area (Å²) >= 11 is 0. The van der Waals surface area contributed by atoms with Crippen LogP contribution in [0.2, 0.25) is 0 Å². The Hall–Kier alpha value is -2.82. The third-order valence-electron chi connectivity index (χ3n) is 5.62.